The largest absolute Gasteiger partial charge is 0.507 e. The molecule has 0 aliphatic heterocycles. The van der Waals surface area contributed by atoms with Crippen molar-refractivity contribution in [1.29, 1.82) is 0 Å². The van der Waals surface area contributed by atoms with Gasteiger partial charge in [0, 0.05) is 41.2 Å². The molecule has 2 aromatic heterocycles. The second-order valence-corrected chi connectivity index (χ2v) is 6.83. The Labute approximate surface area is 158 Å². The Balaban J connectivity index is 1.72. The van der Waals surface area contributed by atoms with Crippen molar-refractivity contribution in [1.82, 2.24) is 15.2 Å². The number of pyridine rings is 1. The van der Waals surface area contributed by atoms with Crippen molar-refractivity contribution in [2.45, 2.75) is 25.1 Å². The SMILES string of the molecule is Oc1cc(C(F)(F)F)ccc1-c1nnc(NC[C@@H]2CCC2O)c2cnccc12. The van der Waals surface area contributed by atoms with Gasteiger partial charge in [0.25, 0.3) is 0 Å². The Morgan fingerprint density at radius 3 is 2.57 bits per heavy atom. The molecule has 1 aliphatic carbocycles. The second kappa shape index (κ2) is 6.90. The molecule has 0 radical (unpaired) electrons. The van der Waals surface area contributed by atoms with E-state index in [1.807, 2.05) is 0 Å². The Morgan fingerprint density at radius 1 is 1.11 bits per heavy atom. The van der Waals surface area contributed by atoms with E-state index in [2.05, 4.69) is 20.5 Å². The fraction of sp³-hybridized carbons (Fsp3) is 0.316. The first-order valence-electron chi connectivity index (χ1n) is 8.77. The zero-order valence-corrected chi connectivity index (χ0v) is 14.6. The van der Waals surface area contributed by atoms with Gasteiger partial charge in [0.1, 0.15) is 11.4 Å². The van der Waals surface area contributed by atoms with Crippen molar-refractivity contribution in [3.8, 4) is 17.0 Å². The van der Waals surface area contributed by atoms with Crippen LogP contribution in [-0.2, 0) is 6.18 Å². The summed E-state index contributed by atoms with van der Waals surface area (Å²) in [5.74, 6) is 0.0880. The van der Waals surface area contributed by atoms with Gasteiger partial charge in [0.2, 0.25) is 0 Å². The number of halogens is 3. The lowest BCUT2D eigenvalue weighted by molar-refractivity contribution is -0.137. The highest BCUT2D eigenvalue weighted by Crippen LogP contribution is 2.38. The van der Waals surface area contributed by atoms with Crippen LogP contribution in [0.5, 0.6) is 5.75 Å². The third-order valence-corrected chi connectivity index (χ3v) is 5.07. The maximum absolute atomic E-state index is 12.8. The number of aliphatic hydroxyl groups is 1. The van der Waals surface area contributed by atoms with Gasteiger partial charge in [-0.2, -0.15) is 13.2 Å². The molecule has 1 fully saturated rings. The fourth-order valence-electron chi connectivity index (χ4n) is 3.25. The maximum Gasteiger partial charge on any atom is 0.416 e. The summed E-state index contributed by atoms with van der Waals surface area (Å²) in [4.78, 5) is 4.08. The lowest BCUT2D eigenvalue weighted by Crippen LogP contribution is -2.36. The van der Waals surface area contributed by atoms with E-state index >= 15 is 0 Å². The normalized spacial score (nSPS) is 19.4. The molecular weight excluding hydrogens is 373 g/mol. The van der Waals surface area contributed by atoms with Gasteiger partial charge in [-0.3, -0.25) is 4.98 Å². The smallest absolute Gasteiger partial charge is 0.416 e. The molecule has 3 N–H and O–H groups in total. The molecule has 2 heterocycles. The number of alkyl halides is 3. The van der Waals surface area contributed by atoms with E-state index in [1.165, 1.54) is 12.3 Å². The average molecular weight is 390 g/mol. The van der Waals surface area contributed by atoms with Gasteiger partial charge >= 0.3 is 6.18 Å². The lowest BCUT2D eigenvalue weighted by atomic mass is 9.82. The average Bonchev–Trinajstić information content (AvgIpc) is 2.66. The van der Waals surface area contributed by atoms with Crippen LogP contribution in [0.2, 0.25) is 0 Å². The number of hydrogen-bond acceptors (Lipinski definition) is 6. The number of aromatic nitrogens is 3. The highest BCUT2D eigenvalue weighted by molar-refractivity contribution is 6.00. The molecule has 0 saturated heterocycles. The van der Waals surface area contributed by atoms with Crippen LogP contribution in [0.1, 0.15) is 18.4 Å². The number of nitrogens with zero attached hydrogens (tertiary/aromatic N) is 3. The molecule has 2 atom stereocenters. The minimum Gasteiger partial charge on any atom is -0.507 e. The summed E-state index contributed by atoms with van der Waals surface area (Å²) in [6, 6.07) is 4.42. The predicted octanol–water partition coefficient (Wildman–Crippen LogP) is 3.60. The highest BCUT2D eigenvalue weighted by Gasteiger charge is 2.31. The number of phenols is 1. The molecule has 0 spiro atoms. The molecule has 1 saturated carbocycles. The molecule has 0 amide bonds. The van der Waals surface area contributed by atoms with Crippen LogP contribution in [0.4, 0.5) is 19.0 Å². The van der Waals surface area contributed by atoms with Gasteiger partial charge in [-0.1, -0.05) is 0 Å². The van der Waals surface area contributed by atoms with E-state index in [4.69, 9.17) is 0 Å². The van der Waals surface area contributed by atoms with Crippen molar-refractivity contribution < 1.29 is 23.4 Å². The number of hydrogen-bond donors (Lipinski definition) is 3. The van der Waals surface area contributed by atoms with Crippen LogP contribution in [0.15, 0.2) is 36.7 Å². The zero-order valence-electron chi connectivity index (χ0n) is 14.6. The number of rotatable bonds is 4. The minimum atomic E-state index is -4.55. The Morgan fingerprint density at radius 2 is 1.93 bits per heavy atom. The van der Waals surface area contributed by atoms with Gasteiger partial charge in [-0.25, -0.2) is 0 Å². The molecule has 146 valence electrons. The van der Waals surface area contributed by atoms with Gasteiger partial charge in [0.15, 0.2) is 5.82 Å². The fourth-order valence-corrected chi connectivity index (χ4v) is 3.25. The van der Waals surface area contributed by atoms with Crippen molar-refractivity contribution in [3.05, 3.63) is 42.2 Å². The van der Waals surface area contributed by atoms with Crippen LogP contribution in [0.25, 0.3) is 22.0 Å². The van der Waals surface area contributed by atoms with Gasteiger partial charge in [-0.15, -0.1) is 10.2 Å². The first-order valence-corrected chi connectivity index (χ1v) is 8.77. The number of fused-ring (bicyclic) bond motifs is 1. The third-order valence-electron chi connectivity index (χ3n) is 5.07. The molecule has 1 aromatic carbocycles. The number of anilines is 1. The van der Waals surface area contributed by atoms with Crippen molar-refractivity contribution in [2.75, 3.05) is 11.9 Å². The number of nitrogens with one attached hydrogen (secondary N) is 1. The monoisotopic (exact) mass is 390 g/mol. The van der Waals surface area contributed by atoms with Crippen LogP contribution >= 0.6 is 0 Å². The van der Waals surface area contributed by atoms with E-state index < -0.39 is 17.5 Å². The summed E-state index contributed by atoms with van der Waals surface area (Å²) in [6.07, 6.45) is -0.0503. The first-order chi connectivity index (χ1) is 13.3. The topological polar surface area (TPSA) is 91.2 Å². The number of aromatic hydroxyl groups is 1. The quantitative estimate of drug-likeness (QED) is 0.631. The molecule has 1 unspecified atom stereocenters. The molecular formula is C19H17F3N4O2. The van der Waals surface area contributed by atoms with E-state index in [0.29, 0.717) is 29.2 Å². The van der Waals surface area contributed by atoms with E-state index in [-0.39, 0.29) is 23.3 Å². The molecule has 9 heteroatoms. The first kappa shape index (κ1) is 18.4. The summed E-state index contributed by atoms with van der Waals surface area (Å²) >= 11 is 0. The molecule has 0 bridgehead atoms. The Bertz CT molecular complexity index is 1030. The summed E-state index contributed by atoms with van der Waals surface area (Å²) in [5, 5.41) is 32.5. The Hall–Kier alpha value is -2.94. The van der Waals surface area contributed by atoms with E-state index in [1.54, 1.807) is 12.3 Å². The van der Waals surface area contributed by atoms with Crippen LogP contribution < -0.4 is 5.32 Å². The maximum atomic E-state index is 12.8. The summed E-state index contributed by atoms with van der Waals surface area (Å²) in [6.45, 7) is 0.532. The van der Waals surface area contributed by atoms with Crippen molar-refractivity contribution in [2.24, 2.45) is 5.92 Å². The Kier molecular flexibility index (Phi) is 4.54. The van der Waals surface area contributed by atoms with Gasteiger partial charge in [-0.05, 0) is 37.1 Å². The molecule has 3 aromatic rings. The van der Waals surface area contributed by atoms with Gasteiger partial charge in [0.05, 0.1) is 11.7 Å². The summed E-state index contributed by atoms with van der Waals surface area (Å²) < 4.78 is 38.5. The second-order valence-electron chi connectivity index (χ2n) is 6.83. The standard InChI is InChI=1S/C19H17F3N4O2/c20-19(21,22)11-2-3-13(16(28)7-11)17-12-5-6-23-9-14(12)18(26-25-17)24-8-10-1-4-15(10)27/h2-3,5-7,9-10,15,27-28H,1,4,8H2,(H,24,26)/t10-,15?/m0/s1. The molecule has 6 nitrogen and oxygen atoms in total. The number of phenolic OH excluding ortho intramolecular Hbond substituents is 1. The van der Waals surface area contributed by atoms with E-state index in [9.17, 15) is 23.4 Å². The van der Waals surface area contributed by atoms with Crippen LogP contribution in [-0.4, -0.2) is 38.0 Å². The van der Waals surface area contributed by atoms with E-state index in [0.717, 1.165) is 18.9 Å². The third kappa shape index (κ3) is 3.33. The predicted molar refractivity (Wildman–Crippen MR) is 96.7 cm³/mol. The van der Waals surface area contributed by atoms with Crippen molar-refractivity contribution in [3.63, 3.8) is 0 Å². The molecule has 1 aliphatic rings. The minimum absolute atomic E-state index is 0.146. The number of aliphatic hydroxyl groups excluding tert-OH is 1. The van der Waals surface area contributed by atoms with Gasteiger partial charge < -0.3 is 15.5 Å². The highest BCUT2D eigenvalue weighted by atomic mass is 19.4. The van der Waals surface area contributed by atoms with Crippen molar-refractivity contribution >= 4 is 16.6 Å². The molecule has 28 heavy (non-hydrogen) atoms. The molecule has 4 rings (SSSR count). The lowest BCUT2D eigenvalue weighted by Gasteiger charge is -2.32. The summed E-state index contributed by atoms with van der Waals surface area (Å²) in [7, 11) is 0. The summed E-state index contributed by atoms with van der Waals surface area (Å²) in [5.41, 5.74) is -0.527. The van der Waals surface area contributed by atoms with Crippen LogP contribution in [0.3, 0.4) is 0 Å². The zero-order chi connectivity index (χ0) is 19.9. The van der Waals surface area contributed by atoms with Crippen LogP contribution in [0, 0.1) is 5.92 Å². The number of benzene rings is 1.